The summed E-state index contributed by atoms with van der Waals surface area (Å²) in [5.41, 5.74) is 2.69. The molecule has 0 spiro atoms. The number of nitrogens with zero attached hydrogens (tertiary/aromatic N) is 4. The van der Waals surface area contributed by atoms with Crippen molar-refractivity contribution in [2.45, 2.75) is 19.0 Å². The molecule has 2 aromatic carbocycles. The smallest absolute Gasteiger partial charge is 0.274 e. The Hall–Kier alpha value is -3.40. The van der Waals surface area contributed by atoms with E-state index in [2.05, 4.69) is 15.5 Å². The van der Waals surface area contributed by atoms with E-state index < -0.39 is 4.92 Å². The summed E-state index contributed by atoms with van der Waals surface area (Å²) in [7, 11) is 0. The van der Waals surface area contributed by atoms with Crippen LogP contribution >= 0.6 is 11.8 Å². The molecule has 0 aliphatic heterocycles. The highest BCUT2D eigenvalue weighted by molar-refractivity contribution is 7.99. The van der Waals surface area contributed by atoms with E-state index in [1.54, 1.807) is 13.0 Å². The van der Waals surface area contributed by atoms with E-state index in [9.17, 15) is 14.9 Å². The highest BCUT2D eigenvalue weighted by Crippen LogP contribution is 2.26. The summed E-state index contributed by atoms with van der Waals surface area (Å²) in [5.74, 6) is 6.26. The largest absolute Gasteiger partial charge is 0.335 e. The quantitative estimate of drug-likeness (QED) is 0.283. The van der Waals surface area contributed by atoms with Gasteiger partial charge in [0.1, 0.15) is 0 Å². The van der Waals surface area contributed by atoms with Crippen molar-refractivity contribution in [3.05, 3.63) is 63.7 Å². The molecule has 3 aromatic rings. The third kappa shape index (κ3) is 4.12. The monoisotopic (exact) mass is 398 g/mol. The van der Waals surface area contributed by atoms with Crippen LogP contribution in [-0.2, 0) is 4.79 Å². The van der Waals surface area contributed by atoms with E-state index in [-0.39, 0.29) is 17.3 Å². The fourth-order valence-corrected chi connectivity index (χ4v) is 3.20. The maximum Gasteiger partial charge on any atom is 0.274 e. The summed E-state index contributed by atoms with van der Waals surface area (Å²) in [6.07, 6.45) is 0. The Kier molecular flexibility index (Phi) is 5.59. The van der Waals surface area contributed by atoms with E-state index in [4.69, 9.17) is 5.84 Å². The van der Waals surface area contributed by atoms with Crippen LogP contribution in [0, 0.1) is 24.0 Å². The molecular weight excluding hydrogens is 380 g/mol. The Morgan fingerprint density at radius 2 is 1.93 bits per heavy atom. The van der Waals surface area contributed by atoms with Gasteiger partial charge in [0.2, 0.25) is 11.1 Å². The number of benzene rings is 2. The first-order valence-corrected chi connectivity index (χ1v) is 9.29. The zero-order valence-electron chi connectivity index (χ0n) is 15.2. The van der Waals surface area contributed by atoms with E-state index >= 15 is 0 Å². The number of nitro benzene ring substituents is 1. The highest BCUT2D eigenvalue weighted by atomic mass is 32.2. The molecule has 0 unspecified atom stereocenters. The summed E-state index contributed by atoms with van der Waals surface area (Å²) in [6, 6.07) is 12.2. The molecule has 1 amide bonds. The van der Waals surface area contributed by atoms with E-state index in [0.29, 0.717) is 22.2 Å². The number of amides is 1. The minimum absolute atomic E-state index is 0.0331. The average molecular weight is 398 g/mol. The SMILES string of the molecule is Cc1ccc(-c2nnc(SCC(=O)Nc3cccc([N+](=O)[O-])c3C)n2N)cc1. The van der Waals surface area contributed by atoms with E-state index in [1.165, 1.54) is 16.8 Å². The Bertz CT molecular complexity index is 1030. The normalized spacial score (nSPS) is 10.6. The van der Waals surface area contributed by atoms with Crippen molar-refractivity contribution in [3.63, 3.8) is 0 Å². The Morgan fingerprint density at radius 3 is 2.61 bits per heavy atom. The molecule has 10 heteroatoms. The number of nitrogens with one attached hydrogen (secondary N) is 1. The molecule has 28 heavy (non-hydrogen) atoms. The molecular formula is C18H18N6O3S. The second-order valence-corrected chi connectivity index (χ2v) is 7.03. The summed E-state index contributed by atoms with van der Waals surface area (Å²) >= 11 is 1.13. The molecule has 0 aliphatic carbocycles. The number of nitro groups is 1. The first kappa shape index (κ1) is 19.4. The van der Waals surface area contributed by atoms with E-state index in [1.807, 2.05) is 31.2 Å². The van der Waals surface area contributed by atoms with Gasteiger partial charge in [0.15, 0.2) is 5.82 Å². The summed E-state index contributed by atoms with van der Waals surface area (Å²) in [5, 5.41) is 22.2. The van der Waals surface area contributed by atoms with Crippen molar-refractivity contribution in [3.8, 4) is 11.4 Å². The van der Waals surface area contributed by atoms with Gasteiger partial charge >= 0.3 is 0 Å². The lowest BCUT2D eigenvalue weighted by molar-refractivity contribution is -0.385. The predicted octanol–water partition coefficient (Wildman–Crippen LogP) is 2.91. The van der Waals surface area contributed by atoms with E-state index in [0.717, 1.165) is 22.9 Å². The second kappa shape index (κ2) is 8.09. The van der Waals surface area contributed by atoms with Crippen LogP contribution in [0.4, 0.5) is 11.4 Å². The molecule has 0 bridgehead atoms. The number of nitrogen functional groups attached to an aromatic ring is 1. The molecule has 3 N–H and O–H groups in total. The number of carbonyl (C=O) groups is 1. The van der Waals surface area contributed by atoms with Crippen molar-refractivity contribution >= 4 is 29.0 Å². The molecule has 0 saturated carbocycles. The van der Waals surface area contributed by atoms with Crippen LogP contribution in [0.15, 0.2) is 47.6 Å². The van der Waals surface area contributed by atoms with Gasteiger partial charge in [-0.3, -0.25) is 14.9 Å². The number of hydrogen-bond acceptors (Lipinski definition) is 7. The third-order valence-corrected chi connectivity index (χ3v) is 5.03. The number of carbonyl (C=O) groups excluding carboxylic acids is 1. The van der Waals surface area contributed by atoms with Gasteiger partial charge in [0.05, 0.1) is 21.9 Å². The van der Waals surface area contributed by atoms with Crippen molar-refractivity contribution in [2.24, 2.45) is 0 Å². The third-order valence-electron chi connectivity index (χ3n) is 4.08. The maximum absolute atomic E-state index is 12.2. The van der Waals surface area contributed by atoms with Gasteiger partial charge < -0.3 is 11.2 Å². The highest BCUT2D eigenvalue weighted by Gasteiger charge is 2.17. The van der Waals surface area contributed by atoms with Crippen molar-refractivity contribution in [1.82, 2.24) is 14.9 Å². The van der Waals surface area contributed by atoms with Gasteiger partial charge in [-0.25, -0.2) is 4.68 Å². The number of hydrogen-bond donors (Lipinski definition) is 2. The molecule has 144 valence electrons. The lowest BCUT2D eigenvalue weighted by Gasteiger charge is -2.08. The molecule has 0 radical (unpaired) electrons. The molecule has 3 rings (SSSR count). The zero-order valence-corrected chi connectivity index (χ0v) is 16.1. The van der Waals surface area contributed by atoms with Crippen molar-refractivity contribution in [2.75, 3.05) is 16.9 Å². The molecule has 1 heterocycles. The van der Waals surface area contributed by atoms with Crippen LogP contribution in [0.5, 0.6) is 0 Å². The van der Waals surface area contributed by atoms with Crippen LogP contribution in [0.2, 0.25) is 0 Å². The summed E-state index contributed by atoms with van der Waals surface area (Å²) < 4.78 is 1.33. The van der Waals surface area contributed by atoms with Gasteiger partial charge in [-0.2, -0.15) is 0 Å². The molecule has 0 fully saturated rings. The first-order chi connectivity index (χ1) is 13.4. The van der Waals surface area contributed by atoms with Gasteiger partial charge in [-0.1, -0.05) is 47.7 Å². The summed E-state index contributed by atoms with van der Waals surface area (Å²) in [6.45, 7) is 3.57. The standard InChI is InChI=1S/C18H18N6O3S/c1-11-6-8-13(9-7-11)17-21-22-18(23(17)19)28-10-16(25)20-14-4-3-5-15(12(14)2)24(26)27/h3-9H,10,19H2,1-2H3,(H,20,25). The number of aromatic nitrogens is 3. The Balaban J connectivity index is 1.67. The van der Waals surface area contributed by atoms with Crippen molar-refractivity contribution in [1.29, 1.82) is 0 Å². The van der Waals surface area contributed by atoms with Crippen LogP contribution < -0.4 is 11.2 Å². The van der Waals surface area contributed by atoms with Gasteiger partial charge in [0.25, 0.3) is 5.69 Å². The Labute approximate surface area is 165 Å². The molecule has 0 saturated heterocycles. The topological polar surface area (TPSA) is 129 Å². The van der Waals surface area contributed by atoms with Crippen LogP contribution in [-0.4, -0.2) is 31.5 Å². The van der Waals surface area contributed by atoms with Crippen LogP contribution in [0.1, 0.15) is 11.1 Å². The minimum atomic E-state index is -0.483. The molecule has 1 aromatic heterocycles. The van der Waals surface area contributed by atoms with Gasteiger partial charge in [0, 0.05) is 11.6 Å². The van der Waals surface area contributed by atoms with Crippen LogP contribution in [0.3, 0.4) is 0 Å². The fourth-order valence-electron chi connectivity index (χ4n) is 2.55. The number of thioether (sulfide) groups is 1. The lowest BCUT2D eigenvalue weighted by atomic mass is 10.1. The predicted molar refractivity (Wildman–Crippen MR) is 108 cm³/mol. The maximum atomic E-state index is 12.2. The summed E-state index contributed by atoms with van der Waals surface area (Å²) in [4.78, 5) is 22.8. The fraction of sp³-hybridized carbons (Fsp3) is 0.167. The molecule has 0 aliphatic rings. The zero-order chi connectivity index (χ0) is 20.3. The molecule has 0 atom stereocenters. The second-order valence-electron chi connectivity index (χ2n) is 6.09. The number of rotatable bonds is 6. The Morgan fingerprint density at radius 1 is 1.21 bits per heavy atom. The average Bonchev–Trinajstić information content (AvgIpc) is 3.03. The van der Waals surface area contributed by atoms with Crippen LogP contribution in [0.25, 0.3) is 11.4 Å². The lowest BCUT2D eigenvalue weighted by Crippen LogP contribution is -2.17. The van der Waals surface area contributed by atoms with Gasteiger partial charge in [-0.15, -0.1) is 10.2 Å². The van der Waals surface area contributed by atoms with Crippen molar-refractivity contribution < 1.29 is 9.72 Å². The molecule has 9 nitrogen and oxygen atoms in total. The number of aryl methyl sites for hydroxylation is 1. The van der Waals surface area contributed by atoms with Gasteiger partial charge in [-0.05, 0) is 19.9 Å². The number of nitrogens with two attached hydrogens (primary N) is 1. The number of anilines is 1. The first-order valence-electron chi connectivity index (χ1n) is 8.31. The minimum Gasteiger partial charge on any atom is -0.335 e.